The topological polar surface area (TPSA) is 34.1 Å². The van der Waals surface area contributed by atoms with Crippen molar-refractivity contribution in [3.63, 3.8) is 0 Å². The van der Waals surface area contributed by atoms with Crippen LogP contribution >= 0.6 is 0 Å². The molecule has 0 aromatic carbocycles. The van der Waals surface area contributed by atoms with E-state index in [2.05, 4.69) is 31.1 Å². The van der Waals surface area contributed by atoms with E-state index in [1.165, 1.54) is 0 Å². The Morgan fingerprint density at radius 1 is 1.38 bits per heavy atom. The molecule has 1 aromatic rings. The molecule has 0 unspecified atom stereocenters. The third-order valence-corrected chi connectivity index (χ3v) is 1.93. The van der Waals surface area contributed by atoms with Gasteiger partial charge in [-0.15, -0.1) is 0 Å². The molecule has 0 saturated heterocycles. The van der Waals surface area contributed by atoms with E-state index in [0.717, 1.165) is 12.2 Å². The smallest absolute Gasteiger partial charge is 0.237 e. The lowest BCUT2D eigenvalue weighted by Gasteiger charge is -2.21. The molecule has 1 rings (SSSR count). The first kappa shape index (κ1) is 12.8. The molecule has 0 amide bonds. The first-order valence-corrected chi connectivity index (χ1v) is 5.74. The van der Waals surface area contributed by atoms with Gasteiger partial charge in [0.05, 0.1) is 11.8 Å². The van der Waals surface area contributed by atoms with Gasteiger partial charge in [0.25, 0.3) is 0 Å². The molecule has 0 aliphatic heterocycles. The van der Waals surface area contributed by atoms with Crippen LogP contribution in [0.4, 0.5) is 5.69 Å². The third-order valence-electron chi connectivity index (χ3n) is 1.93. The zero-order valence-corrected chi connectivity index (χ0v) is 10.9. The van der Waals surface area contributed by atoms with Crippen LogP contribution in [0.5, 0.6) is 5.88 Å². The van der Waals surface area contributed by atoms with Gasteiger partial charge < -0.3 is 10.1 Å². The van der Waals surface area contributed by atoms with E-state index in [4.69, 9.17) is 4.74 Å². The molecule has 0 saturated carbocycles. The van der Waals surface area contributed by atoms with Gasteiger partial charge in [0.1, 0.15) is 0 Å². The standard InChI is InChI=1S/C13H22N2O/c1-10(2)16-12-11(7-6-8-14-12)15-9-13(3,4)5/h6-8,10,15H,9H2,1-5H3. The number of nitrogens with one attached hydrogen (secondary N) is 1. The van der Waals surface area contributed by atoms with Crippen molar-refractivity contribution >= 4 is 5.69 Å². The second kappa shape index (κ2) is 5.19. The largest absolute Gasteiger partial charge is 0.473 e. The number of hydrogen-bond donors (Lipinski definition) is 1. The van der Waals surface area contributed by atoms with Crippen LogP contribution in [0.2, 0.25) is 0 Å². The summed E-state index contributed by atoms with van der Waals surface area (Å²) in [5.74, 6) is 0.682. The Kier molecular flexibility index (Phi) is 4.16. The van der Waals surface area contributed by atoms with Gasteiger partial charge >= 0.3 is 0 Å². The van der Waals surface area contributed by atoms with Crippen molar-refractivity contribution in [1.82, 2.24) is 4.98 Å². The van der Waals surface area contributed by atoms with Crippen LogP contribution in [0, 0.1) is 5.41 Å². The molecular weight excluding hydrogens is 200 g/mol. The van der Waals surface area contributed by atoms with E-state index in [9.17, 15) is 0 Å². The number of ether oxygens (including phenoxy) is 1. The van der Waals surface area contributed by atoms with E-state index in [1.54, 1.807) is 6.20 Å². The van der Waals surface area contributed by atoms with Crippen molar-refractivity contribution in [2.24, 2.45) is 5.41 Å². The SMILES string of the molecule is CC(C)Oc1ncccc1NCC(C)(C)C. The summed E-state index contributed by atoms with van der Waals surface area (Å²) in [6, 6.07) is 3.91. The summed E-state index contributed by atoms with van der Waals surface area (Å²) >= 11 is 0. The maximum atomic E-state index is 5.64. The van der Waals surface area contributed by atoms with Crippen molar-refractivity contribution in [3.8, 4) is 5.88 Å². The van der Waals surface area contributed by atoms with Crippen molar-refractivity contribution in [3.05, 3.63) is 18.3 Å². The molecule has 3 nitrogen and oxygen atoms in total. The molecule has 0 atom stereocenters. The van der Waals surface area contributed by atoms with Crippen molar-refractivity contribution in [2.45, 2.75) is 40.7 Å². The minimum absolute atomic E-state index is 0.144. The highest BCUT2D eigenvalue weighted by Gasteiger charge is 2.12. The Balaban J connectivity index is 2.71. The fourth-order valence-electron chi connectivity index (χ4n) is 1.20. The van der Waals surface area contributed by atoms with Crippen LogP contribution in [0.3, 0.4) is 0 Å². The number of nitrogens with zero attached hydrogens (tertiary/aromatic N) is 1. The van der Waals surface area contributed by atoms with Crippen LogP contribution < -0.4 is 10.1 Å². The highest BCUT2D eigenvalue weighted by atomic mass is 16.5. The summed E-state index contributed by atoms with van der Waals surface area (Å²) in [6.07, 6.45) is 1.89. The van der Waals surface area contributed by atoms with Crippen molar-refractivity contribution in [1.29, 1.82) is 0 Å². The lowest BCUT2D eigenvalue weighted by molar-refractivity contribution is 0.234. The van der Waals surface area contributed by atoms with Crippen LogP contribution in [0.1, 0.15) is 34.6 Å². The predicted molar refractivity (Wildman–Crippen MR) is 67.9 cm³/mol. The van der Waals surface area contributed by atoms with Gasteiger partial charge in [-0.05, 0) is 31.4 Å². The zero-order valence-electron chi connectivity index (χ0n) is 10.9. The first-order valence-electron chi connectivity index (χ1n) is 5.74. The fourth-order valence-corrected chi connectivity index (χ4v) is 1.20. The second-order valence-electron chi connectivity index (χ2n) is 5.44. The van der Waals surface area contributed by atoms with Crippen LogP contribution in [0.15, 0.2) is 18.3 Å². The quantitative estimate of drug-likeness (QED) is 0.848. The minimum Gasteiger partial charge on any atom is -0.473 e. The molecule has 0 spiro atoms. The summed E-state index contributed by atoms with van der Waals surface area (Å²) in [7, 11) is 0. The molecule has 3 heteroatoms. The summed E-state index contributed by atoms with van der Waals surface area (Å²) in [5, 5.41) is 3.37. The Hall–Kier alpha value is -1.25. The summed E-state index contributed by atoms with van der Waals surface area (Å²) in [5.41, 5.74) is 1.21. The van der Waals surface area contributed by atoms with Gasteiger partial charge in [-0.1, -0.05) is 20.8 Å². The average Bonchev–Trinajstić information content (AvgIpc) is 2.14. The van der Waals surface area contributed by atoms with Gasteiger partial charge in [-0.2, -0.15) is 0 Å². The highest BCUT2D eigenvalue weighted by molar-refractivity contribution is 5.52. The first-order chi connectivity index (χ1) is 7.38. The van der Waals surface area contributed by atoms with E-state index in [0.29, 0.717) is 5.88 Å². The highest BCUT2D eigenvalue weighted by Crippen LogP contribution is 2.23. The van der Waals surface area contributed by atoms with Crippen molar-refractivity contribution in [2.75, 3.05) is 11.9 Å². The van der Waals surface area contributed by atoms with Crippen LogP contribution in [-0.4, -0.2) is 17.6 Å². The normalized spacial score (nSPS) is 11.6. The van der Waals surface area contributed by atoms with E-state index in [-0.39, 0.29) is 11.5 Å². The maximum absolute atomic E-state index is 5.64. The molecular formula is C13H22N2O. The average molecular weight is 222 g/mol. The number of hydrogen-bond acceptors (Lipinski definition) is 3. The van der Waals surface area contributed by atoms with Gasteiger partial charge in [0.15, 0.2) is 0 Å². The molecule has 0 fully saturated rings. The molecule has 0 bridgehead atoms. The molecule has 0 radical (unpaired) electrons. The Bertz CT molecular complexity index is 329. The molecule has 1 aromatic heterocycles. The Morgan fingerprint density at radius 2 is 2.06 bits per heavy atom. The second-order valence-corrected chi connectivity index (χ2v) is 5.44. The Morgan fingerprint density at radius 3 is 2.62 bits per heavy atom. The zero-order chi connectivity index (χ0) is 12.2. The number of anilines is 1. The minimum atomic E-state index is 0.144. The molecule has 1 heterocycles. The maximum Gasteiger partial charge on any atom is 0.237 e. The van der Waals surface area contributed by atoms with Gasteiger partial charge in [0, 0.05) is 12.7 Å². The number of aromatic nitrogens is 1. The van der Waals surface area contributed by atoms with Gasteiger partial charge in [0.2, 0.25) is 5.88 Å². The van der Waals surface area contributed by atoms with Crippen LogP contribution in [-0.2, 0) is 0 Å². The number of pyridine rings is 1. The van der Waals surface area contributed by atoms with E-state index < -0.39 is 0 Å². The predicted octanol–water partition coefficient (Wildman–Crippen LogP) is 3.33. The molecule has 1 N–H and O–H groups in total. The lowest BCUT2D eigenvalue weighted by Crippen LogP contribution is -2.20. The van der Waals surface area contributed by atoms with E-state index >= 15 is 0 Å². The molecule has 0 aliphatic rings. The summed E-state index contributed by atoms with van der Waals surface area (Å²) in [4.78, 5) is 4.23. The van der Waals surface area contributed by atoms with Gasteiger partial charge in [-0.25, -0.2) is 4.98 Å². The number of rotatable bonds is 4. The molecule has 16 heavy (non-hydrogen) atoms. The molecule has 0 aliphatic carbocycles. The van der Waals surface area contributed by atoms with Gasteiger partial charge in [-0.3, -0.25) is 0 Å². The summed E-state index contributed by atoms with van der Waals surface area (Å²) in [6.45, 7) is 11.5. The third kappa shape index (κ3) is 4.51. The molecule has 90 valence electrons. The lowest BCUT2D eigenvalue weighted by atomic mass is 9.97. The monoisotopic (exact) mass is 222 g/mol. The van der Waals surface area contributed by atoms with Crippen molar-refractivity contribution < 1.29 is 4.74 Å². The van der Waals surface area contributed by atoms with Crippen LogP contribution in [0.25, 0.3) is 0 Å². The fraction of sp³-hybridized carbons (Fsp3) is 0.615. The summed E-state index contributed by atoms with van der Waals surface area (Å²) < 4.78 is 5.64. The Labute approximate surface area is 98.2 Å². The van der Waals surface area contributed by atoms with E-state index in [1.807, 2.05) is 26.0 Å².